The molecule has 4 heteroatoms. The molecule has 0 bridgehead atoms. The van der Waals surface area contributed by atoms with E-state index in [1.165, 1.54) is 16.9 Å². The zero-order valence-electron chi connectivity index (χ0n) is 12.4. The van der Waals surface area contributed by atoms with Gasteiger partial charge in [-0.1, -0.05) is 19.1 Å². The fraction of sp³-hybridized carbons (Fsp3) is 0.353. The number of thiophene rings is 1. The fourth-order valence-electron chi connectivity index (χ4n) is 2.63. The molecule has 3 nitrogen and oxygen atoms in total. The van der Waals surface area contributed by atoms with E-state index >= 15 is 0 Å². The van der Waals surface area contributed by atoms with Gasteiger partial charge in [0.2, 0.25) is 0 Å². The lowest BCUT2D eigenvalue weighted by molar-refractivity contribution is 0.592. The molecule has 1 aromatic carbocycles. The van der Waals surface area contributed by atoms with Gasteiger partial charge < -0.3 is 9.88 Å². The zero-order valence-corrected chi connectivity index (χ0v) is 13.2. The Morgan fingerprint density at radius 1 is 1.19 bits per heavy atom. The standard InChI is InChI=1S/C17H21N3S/c1-2-17-19-15-5-3-4-6-16(15)20(17)11-10-18-9-7-14-8-12-21-13-14/h3-6,8,12-13,18H,2,7,9-11H2,1H3. The van der Waals surface area contributed by atoms with E-state index in [0.29, 0.717) is 0 Å². The van der Waals surface area contributed by atoms with E-state index in [1.54, 1.807) is 11.3 Å². The van der Waals surface area contributed by atoms with Crippen molar-refractivity contribution in [2.75, 3.05) is 13.1 Å². The summed E-state index contributed by atoms with van der Waals surface area (Å²) in [5.74, 6) is 1.18. The second kappa shape index (κ2) is 6.87. The van der Waals surface area contributed by atoms with Crippen LogP contribution in [0.3, 0.4) is 0 Å². The molecule has 0 aliphatic heterocycles. The molecule has 2 heterocycles. The van der Waals surface area contributed by atoms with Crippen molar-refractivity contribution in [3.63, 3.8) is 0 Å². The van der Waals surface area contributed by atoms with Gasteiger partial charge in [0, 0.05) is 19.5 Å². The number of hydrogen-bond acceptors (Lipinski definition) is 3. The average molecular weight is 299 g/mol. The molecule has 0 spiro atoms. The molecule has 3 rings (SSSR count). The maximum atomic E-state index is 4.71. The van der Waals surface area contributed by atoms with E-state index in [4.69, 9.17) is 4.98 Å². The van der Waals surface area contributed by atoms with Gasteiger partial charge >= 0.3 is 0 Å². The number of aryl methyl sites for hydroxylation is 1. The Kier molecular flexibility index (Phi) is 4.68. The molecule has 0 saturated carbocycles. The highest BCUT2D eigenvalue weighted by atomic mass is 32.1. The number of benzene rings is 1. The Hall–Kier alpha value is -1.65. The third kappa shape index (κ3) is 3.34. The molecule has 3 aromatic rings. The number of rotatable bonds is 7. The molecule has 0 aliphatic carbocycles. The first-order valence-electron chi connectivity index (χ1n) is 7.54. The quantitative estimate of drug-likeness (QED) is 0.677. The Bertz CT molecular complexity index is 685. The molecular weight excluding hydrogens is 278 g/mol. The van der Waals surface area contributed by atoms with Gasteiger partial charge in [-0.15, -0.1) is 0 Å². The number of nitrogens with zero attached hydrogens (tertiary/aromatic N) is 2. The summed E-state index contributed by atoms with van der Waals surface area (Å²) < 4.78 is 2.34. The number of hydrogen-bond donors (Lipinski definition) is 1. The second-order valence-electron chi connectivity index (χ2n) is 5.15. The summed E-state index contributed by atoms with van der Waals surface area (Å²) >= 11 is 1.77. The number of fused-ring (bicyclic) bond motifs is 1. The summed E-state index contributed by atoms with van der Waals surface area (Å²) in [6.07, 6.45) is 2.08. The van der Waals surface area contributed by atoms with E-state index in [2.05, 4.69) is 57.9 Å². The Morgan fingerprint density at radius 2 is 2.10 bits per heavy atom. The number of nitrogens with one attached hydrogen (secondary N) is 1. The SMILES string of the molecule is CCc1nc2ccccc2n1CCNCCc1ccsc1. The Morgan fingerprint density at radius 3 is 2.90 bits per heavy atom. The molecule has 0 amide bonds. The Balaban J connectivity index is 1.57. The van der Waals surface area contributed by atoms with Crippen LogP contribution in [0.15, 0.2) is 41.1 Å². The van der Waals surface area contributed by atoms with Crippen LogP contribution in [0, 0.1) is 0 Å². The third-order valence-electron chi connectivity index (χ3n) is 3.73. The van der Waals surface area contributed by atoms with Crippen LogP contribution in [0.5, 0.6) is 0 Å². The maximum absolute atomic E-state index is 4.71. The summed E-state index contributed by atoms with van der Waals surface area (Å²) in [7, 11) is 0. The first-order chi connectivity index (χ1) is 10.4. The molecule has 21 heavy (non-hydrogen) atoms. The molecule has 0 fully saturated rings. The number of aromatic nitrogens is 2. The predicted molar refractivity (Wildman–Crippen MR) is 90.0 cm³/mol. The van der Waals surface area contributed by atoms with Crippen LogP contribution in [0.1, 0.15) is 18.3 Å². The average Bonchev–Trinajstić information content (AvgIpc) is 3.14. The molecule has 1 N–H and O–H groups in total. The summed E-state index contributed by atoms with van der Waals surface area (Å²) in [4.78, 5) is 4.71. The van der Waals surface area contributed by atoms with Gasteiger partial charge in [0.15, 0.2) is 0 Å². The molecular formula is C17H21N3S. The van der Waals surface area contributed by atoms with Crippen molar-refractivity contribution in [2.45, 2.75) is 26.3 Å². The summed E-state index contributed by atoms with van der Waals surface area (Å²) in [6.45, 7) is 5.16. The Labute approximate surface area is 129 Å². The van der Waals surface area contributed by atoms with Crippen molar-refractivity contribution in [3.8, 4) is 0 Å². The lowest BCUT2D eigenvalue weighted by Crippen LogP contribution is -2.23. The molecule has 0 saturated heterocycles. The predicted octanol–water partition coefficient (Wildman–Crippen LogP) is 3.49. The molecule has 0 atom stereocenters. The van der Waals surface area contributed by atoms with Crippen molar-refractivity contribution in [1.82, 2.24) is 14.9 Å². The van der Waals surface area contributed by atoms with Gasteiger partial charge in [-0.2, -0.15) is 11.3 Å². The van der Waals surface area contributed by atoms with Crippen molar-refractivity contribution < 1.29 is 0 Å². The van der Waals surface area contributed by atoms with Gasteiger partial charge in [0.1, 0.15) is 5.82 Å². The smallest absolute Gasteiger partial charge is 0.109 e. The highest BCUT2D eigenvalue weighted by molar-refractivity contribution is 7.07. The third-order valence-corrected chi connectivity index (χ3v) is 4.46. The second-order valence-corrected chi connectivity index (χ2v) is 5.93. The van der Waals surface area contributed by atoms with Crippen LogP contribution in [-0.4, -0.2) is 22.6 Å². The van der Waals surface area contributed by atoms with Crippen LogP contribution in [-0.2, 0) is 19.4 Å². The maximum Gasteiger partial charge on any atom is 0.109 e. The van der Waals surface area contributed by atoms with E-state index in [1.807, 2.05) is 0 Å². The summed E-state index contributed by atoms with van der Waals surface area (Å²) in [5, 5.41) is 7.90. The van der Waals surface area contributed by atoms with Gasteiger partial charge in [0.05, 0.1) is 11.0 Å². The van der Waals surface area contributed by atoms with Gasteiger partial charge in [0.25, 0.3) is 0 Å². The van der Waals surface area contributed by atoms with Gasteiger partial charge in [-0.05, 0) is 47.5 Å². The van der Waals surface area contributed by atoms with Crippen LogP contribution < -0.4 is 5.32 Å². The number of imidazole rings is 1. The van der Waals surface area contributed by atoms with Crippen molar-refractivity contribution in [1.29, 1.82) is 0 Å². The highest BCUT2D eigenvalue weighted by Crippen LogP contribution is 2.16. The molecule has 110 valence electrons. The monoisotopic (exact) mass is 299 g/mol. The zero-order chi connectivity index (χ0) is 14.5. The van der Waals surface area contributed by atoms with Crippen LogP contribution in [0.4, 0.5) is 0 Å². The summed E-state index contributed by atoms with van der Waals surface area (Å²) in [6, 6.07) is 10.6. The minimum Gasteiger partial charge on any atom is -0.327 e. The highest BCUT2D eigenvalue weighted by Gasteiger charge is 2.07. The lowest BCUT2D eigenvalue weighted by atomic mass is 10.2. The minimum absolute atomic E-state index is 0.976. The molecule has 0 radical (unpaired) electrons. The summed E-state index contributed by atoms with van der Waals surface area (Å²) in [5.41, 5.74) is 3.77. The first kappa shape index (κ1) is 14.3. The van der Waals surface area contributed by atoms with Crippen LogP contribution in [0.2, 0.25) is 0 Å². The van der Waals surface area contributed by atoms with Crippen molar-refractivity contribution in [2.24, 2.45) is 0 Å². The van der Waals surface area contributed by atoms with E-state index in [-0.39, 0.29) is 0 Å². The molecule has 0 unspecified atom stereocenters. The largest absolute Gasteiger partial charge is 0.327 e. The minimum atomic E-state index is 0.976. The molecule has 2 aromatic heterocycles. The van der Waals surface area contributed by atoms with Crippen molar-refractivity contribution >= 4 is 22.4 Å². The number of para-hydroxylation sites is 2. The van der Waals surface area contributed by atoms with Crippen LogP contribution >= 0.6 is 11.3 Å². The van der Waals surface area contributed by atoms with Crippen molar-refractivity contribution in [3.05, 3.63) is 52.5 Å². The fourth-order valence-corrected chi connectivity index (χ4v) is 3.33. The normalized spacial score (nSPS) is 11.3. The van der Waals surface area contributed by atoms with Gasteiger partial charge in [-0.3, -0.25) is 0 Å². The van der Waals surface area contributed by atoms with Gasteiger partial charge in [-0.25, -0.2) is 4.98 Å². The molecule has 0 aliphatic rings. The lowest BCUT2D eigenvalue weighted by Gasteiger charge is -2.09. The topological polar surface area (TPSA) is 29.9 Å². The van der Waals surface area contributed by atoms with Crippen LogP contribution in [0.25, 0.3) is 11.0 Å². The van der Waals surface area contributed by atoms with E-state index < -0.39 is 0 Å². The first-order valence-corrected chi connectivity index (χ1v) is 8.48. The van der Waals surface area contributed by atoms with E-state index in [0.717, 1.165) is 38.0 Å². The van der Waals surface area contributed by atoms with E-state index in [9.17, 15) is 0 Å².